The molecule has 0 saturated carbocycles. The van der Waals surface area contributed by atoms with Gasteiger partial charge in [-0.25, -0.2) is 0 Å². The molecule has 2 aromatic rings. The summed E-state index contributed by atoms with van der Waals surface area (Å²) < 4.78 is 101. The van der Waals surface area contributed by atoms with Gasteiger partial charge in [0.2, 0.25) is 0 Å². The van der Waals surface area contributed by atoms with E-state index >= 15 is 0 Å². The Morgan fingerprint density at radius 1 is 1.09 bits per heavy atom. The van der Waals surface area contributed by atoms with Gasteiger partial charge in [-0.1, -0.05) is 0 Å². The lowest BCUT2D eigenvalue weighted by atomic mass is 10.1. The summed E-state index contributed by atoms with van der Waals surface area (Å²) in [5.74, 6) is -0.989. The summed E-state index contributed by atoms with van der Waals surface area (Å²) in [5, 5.41) is 8.49. The lowest BCUT2D eigenvalue weighted by Crippen LogP contribution is -2.28. The predicted octanol–water partition coefficient (Wildman–Crippen LogP) is 4.02. The van der Waals surface area contributed by atoms with Crippen molar-refractivity contribution in [2.75, 3.05) is 0 Å². The SMILES string of the molecule is N#Cc1cc(OS(=O)(=O)C(F)(F)F)c2sc(C(F)(F)F)cc2c1. The molecule has 0 amide bonds. The molecule has 0 unspecified atom stereocenters. The number of nitrogens with zero attached hydrogens (tertiary/aromatic N) is 1. The third-order valence-corrected chi connectivity index (χ3v) is 4.65. The Labute approximate surface area is 128 Å². The number of halogens is 6. The zero-order valence-electron chi connectivity index (χ0n) is 10.5. The van der Waals surface area contributed by atoms with E-state index in [0.717, 1.165) is 6.07 Å². The maximum atomic E-state index is 12.7. The van der Waals surface area contributed by atoms with Crippen LogP contribution < -0.4 is 4.18 Å². The minimum Gasteiger partial charge on any atom is -0.374 e. The van der Waals surface area contributed by atoms with Crippen LogP contribution in [-0.2, 0) is 16.3 Å². The molecule has 1 heterocycles. The smallest absolute Gasteiger partial charge is 0.374 e. The van der Waals surface area contributed by atoms with Crippen molar-refractivity contribution < 1.29 is 38.9 Å². The summed E-state index contributed by atoms with van der Waals surface area (Å²) in [6.45, 7) is 0. The van der Waals surface area contributed by atoms with Crippen molar-refractivity contribution in [1.29, 1.82) is 5.26 Å². The summed E-state index contributed by atoms with van der Waals surface area (Å²) in [6, 6.07) is 3.70. The molecular formula is C11H3F6NO3S2. The molecule has 0 bridgehead atoms. The Hall–Kier alpha value is -2.00. The summed E-state index contributed by atoms with van der Waals surface area (Å²) in [6.07, 6.45) is -4.78. The molecule has 0 aliphatic rings. The van der Waals surface area contributed by atoms with Crippen LogP contribution >= 0.6 is 11.3 Å². The van der Waals surface area contributed by atoms with Crippen LogP contribution in [0.25, 0.3) is 10.1 Å². The van der Waals surface area contributed by atoms with Gasteiger partial charge in [0.1, 0.15) is 4.88 Å². The number of fused-ring (bicyclic) bond motifs is 1. The van der Waals surface area contributed by atoms with Crippen molar-refractivity contribution in [3.63, 3.8) is 0 Å². The average Bonchev–Trinajstić information content (AvgIpc) is 2.80. The molecule has 0 N–H and O–H groups in total. The molecule has 0 aliphatic heterocycles. The van der Waals surface area contributed by atoms with E-state index in [1.165, 1.54) is 6.07 Å². The van der Waals surface area contributed by atoms with Gasteiger partial charge in [-0.2, -0.15) is 40.0 Å². The maximum absolute atomic E-state index is 12.7. The van der Waals surface area contributed by atoms with E-state index in [4.69, 9.17) is 5.26 Å². The topological polar surface area (TPSA) is 67.2 Å². The molecule has 0 atom stereocenters. The number of rotatable bonds is 2. The first kappa shape index (κ1) is 17.4. The van der Waals surface area contributed by atoms with E-state index in [-0.39, 0.29) is 22.3 Å². The molecular weight excluding hydrogens is 372 g/mol. The molecule has 0 spiro atoms. The van der Waals surface area contributed by atoms with Gasteiger partial charge >= 0.3 is 21.8 Å². The number of nitriles is 1. The van der Waals surface area contributed by atoms with Crippen LogP contribution in [0, 0.1) is 11.3 Å². The van der Waals surface area contributed by atoms with Crippen LogP contribution in [0.5, 0.6) is 5.75 Å². The van der Waals surface area contributed by atoms with Gasteiger partial charge in [0.25, 0.3) is 0 Å². The number of benzene rings is 1. The van der Waals surface area contributed by atoms with E-state index in [0.29, 0.717) is 12.1 Å². The highest BCUT2D eigenvalue weighted by atomic mass is 32.2. The van der Waals surface area contributed by atoms with Crippen molar-refractivity contribution in [3.8, 4) is 11.8 Å². The first-order chi connectivity index (χ1) is 10.3. The summed E-state index contributed by atoms with van der Waals surface area (Å²) in [4.78, 5) is -1.17. The van der Waals surface area contributed by atoms with Gasteiger partial charge in [0.15, 0.2) is 5.75 Å². The molecule has 12 heteroatoms. The molecule has 23 heavy (non-hydrogen) atoms. The van der Waals surface area contributed by atoms with Crippen LogP contribution in [0.3, 0.4) is 0 Å². The highest BCUT2D eigenvalue weighted by Crippen LogP contribution is 2.43. The fourth-order valence-corrected chi connectivity index (χ4v) is 3.03. The molecule has 1 aromatic heterocycles. The van der Waals surface area contributed by atoms with Crippen LogP contribution in [0.1, 0.15) is 10.4 Å². The van der Waals surface area contributed by atoms with E-state index in [2.05, 4.69) is 4.18 Å². The molecule has 2 rings (SSSR count). The molecule has 0 saturated heterocycles. The van der Waals surface area contributed by atoms with Gasteiger partial charge in [-0.05, 0) is 17.5 Å². The molecule has 0 aliphatic carbocycles. The summed E-state index contributed by atoms with van der Waals surface area (Å²) >= 11 is 0.0101. The lowest BCUT2D eigenvalue weighted by Gasteiger charge is -2.10. The monoisotopic (exact) mass is 375 g/mol. The standard InChI is InChI=1S/C11H3F6NO3S2/c12-10(13,14)8-3-6-1-5(4-18)2-7(9(6)22-8)21-23(19,20)11(15,16)17/h1-3H. The van der Waals surface area contributed by atoms with Crippen molar-refractivity contribution in [2.45, 2.75) is 11.7 Å². The minimum atomic E-state index is -6.08. The van der Waals surface area contributed by atoms with Gasteiger partial charge in [-0.3, -0.25) is 0 Å². The van der Waals surface area contributed by atoms with Crippen LogP contribution in [0.15, 0.2) is 18.2 Å². The first-order valence-electron chi connectivity index (χ1n) is 5.41. The van der Waals surface area contributed by atoms with E-state index in [9.17, 15) is 34.8 Å². The second kappa shape index (κ2) is 5.27. The van der Waals surface area contributed by atoms with Crippen LogP contribution in [-0.4, -0.2) is 13.9 Å². The lowest BCUT2D eigenvalue weighted by molar-refractivity contribution is -0.134. The number of hydrogen-bond donors (Lipinski definition) is 0. The third kappa shape index (κ3) is 3.35. The number of alkyl halides is 6. The fourth-order valence-electron chi connectivity index (χ4n) is 1.55. The Bertz CT molecular complexity index is 905. The third-order valence-electron chi connectivity index (χ3n) is 2.47. The van der Waals surface area contributed by atoms with Crippen LogP contribution in [0.2, 0.25) is 0 Å². The van der Waals surface area contributed by atoms with E-state index in [1.54, 1.807) is 0 Å². The van der Waals surface area contributed by atoms with Crippen molar-refractivity contribution in [3.05, 3.63) is 28.6 Å². The molecule has 0 radical (unpaired) electrons. The van der Waals surface area contributed by atoms with E-state index < -0.39 is 37.1 Å². The predicted molar refractivity (Wildman–Crippen MR) is 67.1 cm³/mol. The Kier molecular flexibility index (Phi) is 3.98. The number of thiophene rings is 1. The van der Waals surface area contributed by atoms with E-state index in [1.807, 2.05) is 0 Å². The van der Waals surface area contributed by atoms with Crippen molar-refractivity contribution >= 4 is 31.5 Å². The summed E-state index contributed by atoms with van der Waals surface area (Å²) in [7, 11) is -6.08. The maximum Gasteiger partial charge on any atom is 0.534 e. The largest absolute Gasteiger partial charge is 0.534 e. The minimum absolute atomic E-state index is 0.0101. The average molecular weight is 375 g/mol. The Balaban J connectivity index is 2.68. The van der Waals surface area contributed by atoms with Crippen molar-refractivity contribution in [2.24, 2.45) is 0 Å². The zero-order chi connectivity index (χ0) is 17.6. The molecule has 4 nitrogen and oxygen atoms in total. The number of hydrogen-bond acceptors (Lipinski definition) is 5. The van der Waals surface area contributed by atoms with Gasteiger partial charge in [0.05, 0.1) is 16.3 Å². The van der Waals surface area contributed by atoms with Gasteiger partial charge in [-0.15, -0.1) is 11.3 Å². The molecule has 0 fully saturated rings. The highest BCUT2D eigenvalue weighted by molar-refractivity contribution is 7.88. The fraction of sp³-hybridized carbons (Fsp3) is 0.182. The van der Waals surface area contributed by atoms with Crippen molar-refractivity contribution in [1.82, 2.24) is 0 Å². The Morgan fingerprint density at radius 3 is 2.17 bits per heavy atom. The highest BCUT2D eigenvalue weighted by Gasteiger charge is 2.49. The molecule has 1 aromatic carbocycles. The van der Waals surface area contributed by atoms with Gasteiger partial charge < -0.3 is 4.18 Å². The van der Waals surface area contributed by atoms with Gasteiger partial charge in [0, 0.05) is 6.07 Å². The zero-order valence-corrected chi connectivity index (χ0v) is 12.1. The second-order valence-corrected chi connectivity index (χ2v) is 6.69. The molecule has 124 valence electrons. The normalized spacial score (nSPS) is 13.1. The second-order valence-electron chi connectivity index (χ2n) is 4.10. The quantitative estimate of drug-likeness (QED) is 0.452. The summed E-state index contributed by atoms with van der Waals surface area (Å²) in [5.41, 5.74) is -6.11. The first-order valence-corrected chi connectivity index (χ1v) is 7.63. The Morgan fingerprint density at radius 2 is 1.70 bits per heavy atom. The van der Waals surface area contributed by atoms with Crippen LogP contribution in [0.4, 0.5) is 26.3 Å².